The first-order valence-corrected chi connectivity index (χ1v) is 5.52. The van der Waals surface area contributed by atoms with Crippen LogP contribution in [0.5, 0.6) is 0 Å². The zero-order valence-corrected chi connectivity index (χ0v) is 8.62. The highest BCUT2D eigenvalue weighted by Gasteiger charge is 2.22. The monoisotopic (exact) mass is 202 g/mol. The number of aryl methyl sites for hydroxylation is 2. The Morgan fingerprint density at radius 2 is 2.07 bits per heavy atom. The summed E-state index contributed by atoms with van der Waals surface area (Å²) in [5.41, 5.74) is 3.93. The molecule has 2 amide bonds. The average Bonchev–Trinajstić information content (AvgIpc) is 2.84. The standard InChI is InChI=1S/C12H14N2O/c15-12-13-6-7-14(12)11-5-4-9-2-1-3-10(9)8-11/h4-5,8H,1-3,6-7H2,(H,13,15). The van der Waals surface area contributed by atoms with Crippen LogP contribution in [0.2, 0.25) is 0 Å². The number of nitrogens with zero attached hydrogens (tertiary/aromatic N) is 1. The minimum Gasteiger partial charge on any atom is -0.336 e. The van der Waals surface area contributed by atoms with Crippen LogP contribution >= 0.6 is 0 Å². The van der Waals surface area contributed by atoms with Crippen LogP contribution < -0.4 is 10.2 Å². The van der Waals surface area contributed by atoms with Crippen LogP contribution in [0.25, 0.3) is 0 Å². The largest absolute Gasteiger partial charge is 0.336 e. The van der Waals surface area contributed by atoms with Crippen LogP contribution in [0.3, 0.4) is 0 Å². The smallest absolute Gasteiger partial charge is 0.321 e. The minimum atomic E-state index is 0.0351. The molecule has 1 aromatic carbocycles. The van der Waals surface area contributed by atoms with Crippen molar-refractivity contribution in [3.63, 3.8) is 0 Å². The third-order valence-corrected chi connectivity index (χ3v) is 3.25. The molecule has 78 valence electrons. The lowest BCUT2D eigenvalue weighted by Crippen LogP contribution is -2.27. The molecule has 0 unspecified atom stereocenters. The van der Waals surface area contributed by atoms with Gasteiger partial charge in [-0.1, -0.05) is 6.07 Å². The van der Waals surface area contributed by atoms with Crippen molar-refractivity contribution < 1.29 is 4.79 Å². The molecule has 1 aliphatic heterocycles. The molecule has 0 bridgehead atoms. The van der Waals surface area contributed by atoms with E-state index >= 15 is 0 Å². The van der Waals surface area contributed by atoms with Gasteiger partial charge in [0.05, 0.1) is 0 Å². The van der Waals surface area contributed by atoms with Gasteiger partial charge in [-0.05, 0) is 42.5 Å². The first kappa shape index (κ1) is 8.77. The second-order valence-corrected chi connectivity index (χ2v) is 4.19. The van der Waals surface area contributed by atoms with E-state index in [1.165, 1.54) is 30.4 Å². The van der Waals surface area contributed by atoms with E-state index in [1.54, 1.807) is 0 Å². The lowest BCUT2D eigenvalue weighted by Gasteiger charge is -2.15. The number of urea groups is 1. The van der Waals surface area contributed by atoms with Gasteiger partial charge in [-0.2, -0.15) is 0 Å². The van der Waals surface area contributed by atoms with Gasteiger partial charge in [0.2, 0.25) is 0 Å². The number of amides is 2. The SMILES string of the molecule is O=C1NCCN1c1ccc2c(c1)CCC2. The molecule has 1 aliphatic carbocycles. The molecule has 0 aromatic heterocycles. The van der Waals surface area contributed by atoms with E-state index in [1.807, 2.05) is 4.90 Å². The van der Waals surface area contributed by atoms with Gasteiger partial charge in [0.25, 0.3) is 0 Å². The molecule has 2 aliphatic rings. The molecule has 0 saturated carbocycles. The van der Waals surface area contributed by atoms with Crippen LogP contribution in [0, 0.1) is 0 Å². The molecule has 1 aromatic rings. The van der Waals surface area contributed by atoms with Gasteiger partial charge in [0, 0.05) is 18.8 Å². The molecule has 0 atom stereocenters. The fourth-order valence-electron chi connectivity index (χ4n) is 2.44. The van der Waals surface area contributed by atoms with E-state index in [4.69, 9.17) is 0 Å². The van der Waals surface area contributed by atoms with Crippen molar-refractivity contribution in [1.82, 2.24) is 5.32 Å². The van der Waals surface area contributed by atoms with Crippen LogP contribution in [-0.4, -0.2) is 19.1 Å². The molecule has 1 saturated heterocycles. The van der Waals surface area contributed by atoms with E-state index in [9.17, 15) is 4.79 Å². The summed E-state index contributed by atoms with van der Waals surface area (Å²) in [4.78, 5) is 13.3. The van der Waals surface area contributed by atoms with Crippen molar-refractivity contribution in [2.24, 2.45) is 0 Å². The summed E-state index contributed by atoms with van der Waals surface area (Å²) in [5, 5.41) is 2.82. The zero-order valence-electron chi connectivity index (χ0n) is 8.62. The molecule has 3 rings (SSSR count). The third kappa shape index (κ3) is 1.39. The first-order chi connectivity index (χ1) is 7.34. The summed E-state index contributed by atoms with van der Waals surface area (Å²) in [7, 11) is 0. The molecule has 1 N–H and O–H groups in total. The molecule has 1 heterocycles. The molecular weight excluding hydrogens is 188 g/mol. The van der Waals surface area contributed by atoms with E-state index in [-0.39, 0.29) is 6.03 Å². The number of nitrogens with one attached hydrogen (secondary N) is 1. The Bertz CT molecular complexity index is 414. The van der Waals surface area contributed by atoms with Crippen LogP contribution in [-0.2, 0) is 12.8 Å². The van der Waals surface area contributed by atoms with Crippen molar-refractivity contribution in [2.75, 3.05) is 18.0 Å². The number of anilines is 1. The van der Waals surface area contributed by atoms with Crippen LogP contribution in [0.1, 0.15) is 17.5 Å². The summed E-state index contributed by atoms with van der Waals surface area (Å²) >= 11 is 0. The number of hydrogen-bond acceptors (Lipinski definition) is 1. The molecule has 3 heteroatoms. The molecule has 0 spiro atoms. The lowest BCUT2D eigenvalue weighted by atomic mass is 10.1. The normalized spacial score (nSPS) is 19.2. The number of fused-ring (bicyclic) bond motifs is 1. The Kier molecular flexibility index (Phi) is 1.91. The fourth-order valence-corrected chi connectivity index (χ4v) is 2.44. The number of carbonyl (C=O) groups is 1. The van der Waals surface area contributed by atoms with Gasteiger partial charge in [-0.25, -0.2) is 4.79 Å². The van der Waals surface area contributed by atoms with Crippen LogP contribution in [0.15, 0.2) is 18.2 Å². The van der Waals surface area contributed by atoms with Crippen molar-refractivity contribution in [1.29, 1.82) is 0 Å². The first-order valence-electron chi connectivity index (χ1n) is 5.52. The van der Waals surface area contributed by atoms with E-state index in [0.717, 1.165) is 18.8 Å². The fraction of sp³-hybridized carbons (Fsp3) is 0.417. The van der Waals surface area contributed by atoms with Gasteiger partial charge < -0.3 is 5.32 Å². The van der Waals surface area contributed by atoms with Crippen molar-refractivity contribution >= 4 is 11.7 Å². The Morgan fingerprint density at radius 1 is 1.20 bits per heavy atom. The van der Waals surface area contributed by atoms with E-state index in [2.05, 4.69) is 23.5 Å². The summed E-state index contributed by atoms with van der Waals surface area (Å²) in [6.45, 7) is 1.55. The summed E-state index contributed by atoms with van der Waals surface area (Å²) in [6, 6.07) is 6.44. The summed E-state index contributed by atoms with van der Waals surface area (Å²) in [6.07, 6.45) is 3.62. The van der Waals surface area contributed by atoms with E-state index in [0.29, 0.717) is 0 Å². The number of carbonyl (C=O) groups excluding carboxylic acids is 1. The minimum absolute atomic E-state index is 0.0351. The Hall–Kier alpha value is -1.51. The van der Waals surface area contributed by atoms with Gasteiger partial charge in [0.1, 0.15) is 0 Å². The van der Waals surface area contributed by atoms with Crippen molar-refractivity contribution in [3.05, 3.63) is 29.3 Å². The maximum Gasteiger partial charge on any atom is 0.321 e. The van der Waals surface area contributed by atoms with Gasteiger partial charge in [-0.3, -0.25) is 4.90 Å². The lowest BCUT2D eigenvalue weighted by molar-refractivity contribution is 0.252. The van der Waals surface area contributed by atoms with Gasteiger partial charge in [0.15, 0.2) is 0 Å². The van der Waals surface area contributed by atoms with Crippen LogP contribution in [0.4, 0.5) is 10.5 Å². The van der Waals surface area contributed by atoms with Crippen molar-refractivity contribution in [3.8, 4) is 0 Å². The van der Waals surface area contributed by atoms with Crippen molar-refractivity contribution in [2.45, 2.75) is 19.3 Å². The second kappa shape index (κ2) is 3.26. The Morgan fingerprint density at radius 3 is 2.87 bits per heavy atom. The number of hydrogen-bond donors (Lipinski definition) is 1. The summed E-state index contributed by atoms with van der Waals surface area (Å²) in [5.74, 6) is 0. The second-order valence-electron chi connectivity index (χ2n) is 4.19. The quantitative estimate of drug-likeness (QED) is 0.738. The average molecular weight is 202 g/mol. The van der Waals surface area contributed by atoms with E-state index < -0.39 is 0 Å². The third-order valence-electron chi connectivity index (χ3n) is 3.25. The predicted octanol–water partition coefficient (Wildman–Crippen LogP) is 1.70. The zero-order chi connectivity index (χ0) is 10.3. The highest BCUT2D eigenvalue weighted by molar-refractivity contribution is 5.94. The van der Waals surface area contributed by atoms with Gasteiger partial charge in [-0.15, -0.1) is 0 Å². The molecule has 0 radical (unpaired) electrons. The molecule has 1 fully saturated rings. The number of rotatable bonds is 1. The Balaban J connectivity index is 1.95. The Labute approximate surface area is 89.1 Å². The predicted molar refractivity (Wildman–Crippen MR) is 59.2 cm³/mol. The molecule has 15 heavy (non-hydrogen) atoms. The maximum atomic E-state index is 11.5. The highest BCUT2D eigenvalue weighted by Crippen LogP contribution is 2.27. The van der Waals surface area contributed by atoms with Gasteiger partial charge >= 0.3 is 6.03 Å². The topological polar surface area (TPSA) is 32.3 Å². The summed E-state index contributed by atoms with van der Waals surface area (Å²) < 4.78 is 0. The maximum absolute atomic E-state index is 11.5. The number of benzene rings is 1. The molecular formula is C12H14N2O. The molecule has 3 nitrogen and oxygen atoms in total. The highest BCUT2D eigenvalue weighted by atomic mass is 16.2.